The molecule has 130 valence electrons. The monoisotopic (exact) mass is 387 g/mol. The molecule has 0 aliphatic carbocycles. The first kappa shape index (κ1) is 20.3. The normalized spacial score (nSPS) is 12.2. The van der Waals surface area contributed by atoms with Crippen LogP contribution in [0.1, 0.15) is 0 Å². The summed E-state index contributed by atoms with van der Waals surface area (Å²) in [5, 5.41) is 0.477. The number of benzene rings is 2. The molecule has 0 amide bonds. The summed E-state index contributed by atoms with van der Waals surface area (Å²) in [7, 11) is 2.29. The van der Waals surface area contributed by atoms with Gasteiger partial charge in [0.2, 0.25) is 5.96 Å². The fraction of sp³-hybridized carbons (Fsp3) is 0.188. The topological polar surface area (TPSA) is 67.9 Å². The van der Waals surface area contributed by atoms with Crippen LogP contribution in [0, 0.1) is 0 Å². The molecular formula is C16H19Cl2N3O2S. The van der Waals surface area contributed by atoms with Crippen molar-refractivity contribution in [3.05, 3.63) is 47.5 Å². The Morgan fingerprint density at radius 2 is 2.00 bits per heavy atom. The molecule has 5 nitrogen and oxygen atoms in total. The molecule has 2 rings (SSSR count). The van der Waals surface area contributed by atoms with E-state index in [-0.39, 0.29) is 18.4 Å². The summed E-state index contributed by atoms with van der Waals surface area (Å²) >= 11 is 6.14. The van der Waals surface area contributed by atoms with Crippen LogP contribution >= 0.6 is 24.0 Å². The molecular weight excluding hydrogens is 369 g/mol. The zero-order chi connectivity index (χ0) is 17.0. The summed E-state index contributed by atoms with van der Waals surface area (Å²) in [6.45, 7) is 0. The Labute approximate surface area is 155 Å². The Morgan fingerprint density at radius 1 is 1.29 bits per heavy atom. The molecule has 2 aromatic carbocycles. The lowest BCUT2D eigenvalue weighted by molar-refractivity contribution is 0.415. The van der Waals surface area contributed by atoms with E-state index < -0.39 is 10.8 Å². The first-order valence-corrected chi connectivity index (χ1v) is 8.71. The minimum Gasteiger partial charge on any atom is -0.497 e. The van der Waals surface area contributed by atoms with E-state index in [1.165, 1.54) is 0 Å². The molecule has 0 radical (unpaired) electrons. The van der Waals surface area contributed by atoms with Crippen LogP contribution in [0.5, 0.6) is 5.75 Å². The Bertz CT molecular complexity index is 769. The Balaban J connectivity index is 0.00000288. The van der Waals surface area contributed by atoms with Crippen molar-refractivity contribution in [3.8, 4) is 5.75 Å². The van der Waals surface area contributed by atoms with Crippen LogP contribution in [0.3, 0.4) is 0 Å². The van der Waals surface area contributed by atoms with Crippen molar-refractivity contribution in [2.75, 3.05) is 25.3 Å². The van der Waals surface area contributed by atoms with Crippen LogP contribution in [-0.2, 0) is 10.8 Å². The maximum absolute atomic E-state index is 11.6. The van der Waals surface area contributed by atoms with Gasteiger partial charge in [-0.15, -0.1) is 12.4 Å². The number of methoxy groups -OCH3 is 1. The molecule has 0 saturated carbocycles. The molecule has 0 fully saturated rings. The third kappa shape index (κ3) is 4.87. The maximum atomic E-state index is 11.6. The van der Waals surface area contributed by atoms with E-state index in [0.29, 0.717) is 16.5 Å². The zero-order valence-corrected chi connectivity index (χ0v) is 15.9. The van der Waals surface area contributed by atoms with Crippen LogP contribution in [0.2, 0.25) is 5.02 Å². The average Bonchev–Trinajstić information content (AvgIpc) is 2.56. The minimum atomic E-state index is -1.06. The highest BCUT2D eigenvalue weighted by atomic mass is 35.5. The molecule has 0 heterocycles. The molecule has 0 saturated heterocycles. The van der Waals surface area contributed by atoms with Crippen LogP contribution in [-0.4, -0.2) is 30.6 Å². The highest BCUT2D eigenvalue weighted by Gasteiger charge is 2.09. The molecule has 1 unspecified atom stereocenters. The van der Waals surface area contributed by atoms with Crippen LogP contribution in [0.4, 0.5) is 11.4 Å². The number of guanidine groups is 1. The predicted molar refractivity (Wildman–Crippen MR) is 104 cm³/mol. The van der Waals surface area contributed by atoms with Crippen LogP contribution < -0.4 is 15.4 Å². The number of rotatable bonds is 4. The third-order valence-corrected chi connectivity index (χ3v) is 4.51. The lowest BCUT2D eigenvalue weighted by Gasteiger charge is -2.19. The number of hydrogen-bond acceptors (Lipinski definition) is 3. The molecule has 8 heteroatoms. The van der Waals surface area contributed by atoms with Gasteiger partial charge in [0.1, 0.15) is 5.75 Å². The summed E-state index contributed by atoms with van der Waals surface area (Å²) in [6, 6.07) is 12.5. The number of nitrogens with two attached hydrogens (primary N) is 1. The van der Waals surface area contributed by atoms with E-state index in [1.54, 1.807) is 49.6 Å². The van der Waals surface area contributed by atoms with Crippen molar-refractivity contribution in [3.63, 3.8) is 0 Å². The Morgan fingerprint density at radius 3 is 2.62 bits per heavy atom. The van der Waals surface area contributed by atoms with Gasteiger partial charge in [0.15, 0.2) is 0 Å². The zero-order valence-electron chi connectivity index (χ0n) is 13.5. The lowest BCUT2D eigenvalue weighted by atomic mass is 10.3. The highest BCUT2D eigenvalue weighted by Crippen LogP contribution is 2.29. The van der Waals surface area contributed by atoms with Gasteiger partial charge in [-0.05, 0) is 30.3 Å². The number of nitrogens with zero attached hydrogens (tertiary/aromatic N) is 2. The maximum Gasteiger partial charge on any atom is 0.200 e. The summed E-state index contributed by atoms with van der Waals surface area (Å²) < 4.78 is 16.8. The van der Waals surface area contributed by atoms with Gasteiger partial charge in [-0.2, -0.15) is 0 Å². The van der Waals surface area contributed by atoms with E-state index in [4.69, 9.17) is 22.1 Å². The van der Waals surface area contributed by atoms with Gasteiger partial charge in [-0.3, -0.25) is 4.21 Å². The second-order valence-electron chi connectivity index (χ2n) is 4.80. The lowest BCUT2D eigenvalue weighted by Crippen LogP contribution is -2.33. The molecule has 2 N–H and O–H groups in total. The van der Waals surface area contributed by atoms with Crippen LogP contribution in [0.25, 0.3) is 0 Å². The van der Waals surface area contributed by atoms with E-state index in [1.807, 2.05) is 18.2 Å². The first-order valence-electron chi connectivity index (χ1n) is 6.77. The van der Waals surface area contributed by atoms with Crippen molar-refractivity contribution in [2.24, 2.45) is 10.7 Å². The Kier molecular flexibility index (Phi) is 7.54. The van der Waals surface area contributed by atoms with Crippen molar-refractivity contribution < 1.29 is 8.95 Å². The summed E-state index contributed by atoms with van der Waals surface area (Å²) in [5.74, 6) is 0.908. The second-order valence-corrected chi connectivity index (χ2v) is 6.58. The summed E-state index contributed by atoms with van der Waals surface area (Å²) in [6.07, 6.45) is 1.63. The summed E-state index contributed by atoms with van der Waals surface area (Å²) in [4.78, 5) is 6.77. The van der Waals surface area contributed by atoms with Gasteiger partial charge in [-0.25, -0.2) is 4.99 Å². The predicted octanol–water partition coefficient (Wildman–Crippen LogP) is 3.59. The van der Waals surface area contributed by atoms with Crippen LogP contribution in [0.15, 0.2) is 52.4 Å². The van der Waals surface area contributed by atoms with Gasteiger partial charge in [-0.1, -0.05) is 17.7 Å². The van der Waals surface area contributed by atoms with Gasteiger partial charge in [0.25, 0.3) is 0 Å². The fourth-order valence-corrected chi connectivity index (χ4v) is 2.62. The first-order chi connectivity index (χ1) is 10.9. The molecule has 0 aromatic heterocycles. The third-order valence-electron chi connectivity index (χ3n) is 3.27. The van der Waals surface area contributed by atoms with Crippen molar-refractivity contribution >= 4 is 52.1 Å². The van der Waals surface area contributed by atoms with Gasteiger partial charge in [0.05, 0.1) is 17.8 Å². The SMILES string of the molecule is COc1ccc(Cl)c(N=C(N)N(C)c2cccc(S(C)=O)c2)c1.Cl. The number of halogens is 2. The smallest absolute Gasteiger partial charge is 0.200 e. The number of hydrogen-bond donors (Lipinski definition) is 1. The van der Waals surface area contributed by atoms with Gasteiger partial charge in [0, 0.05) is 40.8 Å². The quantitative estimate of drug-likeness (QED) is 0.642. The van der Waals surface area contributed by atoms with Gasteiger partial charge < -0.3 is 15.4 Å². The Hall–Kier alpha value is -1.76. The standard InChI is InChI=1S/C16H18ClN3O2S.ClH/c1-20(11-5-4-6-13(9-11)23(3)21)16(18)19-15-10-12(22-2)7-8-14(15)17;/h4-10H,1-3H3,(H2,18,19);1H. The molecule has 0 bridgehead atoms. The molecule has 2 aromatic rings. The minimum absolute atomic E-state index is 0. The van der Waals surface area contributed by atoms with E-state index >= 15 is 0 Å². The second kappa shape index (κ2) is 8.92. The number of anilines is 1. The molecule has 24 heavy (non-hydrogen) atoms. The van der Waals surface area contributed by atoms with E-state index in [2.05, 4.69) is 4.99 Å². The van der Waals surface area contributed by atoms with Gasteiger partial charge >= 0.3 is 0 Å². The molecule has 0 spiro atoms. The number of ether oxygens (including phenoxy) is 1. The van der Waals surface area contributed by atoms with Crippen molar-refractivity contribution in [2.45, 2.75) is 4.90 Å². The molecule has 1 atom stereocenters. The molecule has 0 aliphatic heterocycles. The van der Waals surface area contributed by atoms with Crippen molar-refractivity contribution in [1.82, 2.24) is 0 Å². The summed E-state index contributed by atoms with van der Waals surface area (Å²) in [5.41, 5.74) is 7.38. The van der Waals surface area contributed by atoms with E-state index in [9.17, 15) is 4.21 Å². The largest absolute Gasteiger partial charge is 0.497 e. The number of aliphatic imine (C=N–C) groups is 1. The van der Waals surface area contributed by atoms with E-state index in [0.717, 1.165) is 10.6 Å². The average molecular weight is 388 g/mol. The highest BCUT2D eigenvalue weighted by molar-refractivity contribution is 7.84. The molecule has 0 aliphatic rings. The fourth-order valence-electron chi connectivity index (χ4n) is 1.91. The van der Waals surface area contributed by atoms with Crippen molar-refractivity contribution in [1.29, 1.82) is 0 Å².